The number of nitrogens with zero attached hydrogens (tertiary/aromatic N) is 1. The van der Waals surface area contributed by atoms with Crippen molar-refractivity contribution in [3.63, 3.8) is 0 Å². The van der Waals surface area contributed by atoms with Crippen molar-refractivity contribution in [2.24, 2.45) is 0 Å². The van der Waals surface area contributed by atoms with E-state index < -0.39 is 11.5 Å². The van der Waals surface area contributed by atoms with Crippen LogP contribution in [0.1, 0.15) is 25.7 Å². The Morgan fingerprint density at radius 3 is 2.56 bits per heavy atom. The standard InChI is InChI=1S/C12H18N2O2/c1-3-6-13-12(11(15)16)7-9-4-5-10(8-12)14(9)2/h1,9-10,13H,4-8H2,2H3,(H,15,16). The highest BCUT2D eigenvalue weighted by Crippen LogP contribution is 2.39. The lowest BCUT2D eigenvalue weighted by molar-refractivity contribution is -0.148. The number of carbonyl (C=O) groups is 1. The molecule has 0 aromatic heterocycles. The fourth-order valence-corrected chi connectivity index (χ4v) is 3.08. The van der Waals surface area contributed by atoms with Gasteiger partial charge in [0.1, 0.15) is 5.54 Å². The minimum Gasteiger partial charge on any atom is -0.480 e. The number of rotatable bonds is 3. The Labute approximate surface area is 96.0 Å². The fourth-order valence-electron chi connectivity index (χ4n) is 3.08. The summed E-state index contributed by atoms with van der Waals surface area (Å²) in [6.45, 7) is 0.329. The van der Waals surface area contributed by atoms with Crippen LogP contribution in [0.25, 0.3) is 0 Å². The molecule has 2 unspecified atom stereocenters. The second kappa shape index (κ2) is 4.08. The van der Waals surface area contributed by atoms with Gasteiger partial charge in [-0.1, -0.05) is 5.92 Å². The largest absolute Gasteiger partial charge is 0.480 e. The second-order valence-corrected chi connectivity index (χ2v) is 4.90. The van der Waals surface area contributed by atoms with Crippen molar-refractivity contribution >= 4 is 5.97 Å². The van der Waals surface area contributed by atoms with Gasteiger partial charge in [0.15, 0.2) is 0 Å². The molecule has 2 N–H and O–H groups in total. The summed E-state index contributed by atoms with van der Waals surface area (Å²) in [6, 6.07) is 0.778. The van der Waals surface area contributed by atoms with Gasteiger partial charge in [0.2, 0.25) is 0 Å². The third kappa shape index (κ3) is 1.70. The SMILES string of the molecule is C#CCNC1(C(=O)O)CC2CCC(C1)N2C. The normalized spacial score (nSPS) is 38.2. The number of carboxylic acid groups (broad SMARTS) is 1. The zero-order chi connectivity index (χ0) is 11.8. The monoisotopic (exact) mass is 222 g/mol. The molecule has 0 amide bonds. The molecule has 0 aliphatic carbocycles. The van der Waals surface area contributed by atoms with E-state index in [0.29, 0.717) is 31.5 Å². The van der Waals surface area contributed by atoms with Gasteiger partial charge in [0.05, 0.1) is 6.54 Å². The summed E-state index contributed by atoms with van der Waals surface area (Å²) in [6.07, 6.45) is 8.74. The van der Waals surface area contributed by atoms with E-state index in [4.69, 9.17) is 6.42 Å². The van der Waals surface area contributed by atoms with Gasteiger partial charge in [0.25, 0.3) is 0 Å². The average Bonchev–Trinajstić information content (AvgIpc) is 2.52. The molecule has 0 aromatic carbocycles. The van der Waals surface area contributed by atoms with E-state index in [9.17, 15) is 9.90 Å². The van der Waals surface area contributed by atoms with Gasteiger partial charge in [-0.3, -0.25) is 10.1 Å². The maximum absolute atomic E-state index is 11.5. The van der Waals surface area contributed by atoms with Crippen molar-refractivity contribution in [1.82, 2.24) is 10.2 Å². The highest BCUT2D eigenvalue weighted by atomic mass is 16.4. The molecule has 0 saturated carbocycles. The molecule has 2 atom stereocenters. The topological polar surface area (TPSA) is 52.6 Å². The quantitative estimate of drug-likeness (QED) is 0.674. The molecule has 2 aliphatic rings. The van der Waals surface area contributed by atoms with E-state index >= 15 is 0 Å². The second-order valence-electron chi connectivity index (χ2n) is 4.90. The lowest BCUT2D eigenvalue weighted by Crippen LogP contribution is -2.61. The molecule has 0 aromatic rings. The zero-order valence-corrected chi connectivity index (χ0v) is 9.57. The lowest BCUT2D eigenvalue weighted by Gasteiger charge is -2.42. The number of aliphatic carboxylic acids is 1. The molecule has 2 rings (SSSR count). The number of terminal acetylenes is 1. The van der Waals surface area contributed by atoms with E-state index in [1.807, 2.05) is 0 Å². The van der Waals surface area contributed by atoms with Crippen LogP contribution in [-0.2, 0) is 4.79 Å². The molecule has 2 aliphatic heterocycles. The summed E-state index contributed by atoms with van der Waals surface area (Å²) in [5.74, 6) is 1.71. The highest BCUT2D eigenvalue weighted by Gasteiger charge is 2.50. The molecule has 2 bridgehead atoms. The molecule has 16 heavy (non-hydrogen) atoms. The Kier molecular flexibility index (Phi) is 2.92. The maximum atomic E-state index is 11.5. The average molecular weight is 222 g/mol. The highest BCUT2D eigenvalue weighted by molar-refractivity contribution is 5.79. The minimum atomic E-state index is -0.801. The Morgan fingerprint density at radius 2 is 2.12 bits per heavy atom. The van der Waals surface area contributed by atoms with Crippen LogP contribution >= 0.6 is 0 Å². The van der Waals surface area contributed by atoms with Gasteiger partial charge in [-0.2, -0.15) is 0 Å². The minimum absolute atomic E-state index is 0.329. The summed E-state index contributed by atoms with van der Waals surface area (Å²) in [5.41, 5.74) is -0.801. The molecule has 4 nitrogen and oxygen atoms in total. The molecular formula is C12H18N2O2. The smallest absolute Gasteiger partial charge is 0.324 e. The van der Waals surface area contributed by atoms with Crippen molar-refractivity contribution in [2.75, 3.05) is 13.6 Å². The first-order chi connectivity index (χ1) is 7.59. The van der Waals surface area contributed by atoms with Crippen LogP contribution in [0, 0.1) is 12.3 Å². The first-order valence-corrected chi connectivity index (χ1v) is 5.73. The van der Waals surface area contributed by atoms with E-state index in [1.54, 1.807) is 0 Å². The predicted molar refractivity (Wildman–Crippen MR) is 61.0 cm³/mol. The van der Waals surface area contributed by atoms with Crippen molar-refractivity contribution in [2.45, 2.75) is 43.3 Å². The van der Waals surface area contributed by atoms with Gasteiger partial charge in [0, 0.05) is 12.1 Å². The maximum Gasteiger partial charge on any atom is 0.324 e. The first kappa shape index (κ1) is 11.4. The van der Waals surface area contributed by atoms with Crippen LogP contribution in [0.2, 0.25) is 0 Å². The van der Waals surface area contributed by atoms with Crippen LogP contribution < -0.4 is 5.32 Å². The Hall–Kier alpha value is -1.05. The first-order valence-electron chi connectivity index (χ1n) is 5.73. The lowest BCUT2D eigenvalue weighted by atomic mass is 9.83. The van der Waals surface area contributed by atoms with Crippen LogP contribution in [0.15, 0.2) is 0 Å². The van der Waals surface area contributed by atoms with Crippen molar-refractivity contribution < 1.29 is 9.90 Å². The Bertz CT molecular complexity index is 320. The zero-order valence-electron chi connectivity index (χ0n) is 9.57. The molecule has 4 heteroatoms. The van der Waals surface area contributed by atoms with Gasteiger partial charge < -0.3 is 10.0 Å². The molecule has 2 saturated heterocycles. The van der Waals surface area contributed by atoms with E-state index in [-0.39, 0.29) is 0 Å². The Balaban J connectivity index is 2.17. The third-order valence-corrected chi connectivity index (χ3v) is 4.09. The number of hydrogen-bond acceptors (Lipinski definition) is 3. The molecule has 2 fully saturated rings. The van der Waals surface area contributed by atoms with Crippen molar-refractivity contribution in [1.29, 1.82) is 0 Å². The number of carboxylic acids is 1. The van der Waals surface area contributed by atoms with E-state index in [1.165, 1.54) is 0 Å². The van der Waals surface area contributed by atoms with Gasteiger partial charge in [-0.25, -0.2) is 0 Å². The molecule has 0 spiro atoms. The van der Waals surface area contributed by atoms with Gasteiger partial charge >= 0.3 is 5.97 Å². The summed E-state index contributed by atoms with van der Waals surface area (Å²) in [5, 5.41) is 12.5. The van der Waals surface area contributed by atoms with E-state index in [0.717, 1.165) is 12.8 Å². The van der Waals surface area contributed by atoms with Crippen LogP contribution in [0.4, 0.5) is 0 Å². The Morgan fingerprint density at radius 1 is 1.56 bits per heavy atom. The van der Waals surface area contributed by atoms with Gasteiger partial charge in [-0.05, 0) is 32.7 Å². The number of nitrogens with one attached hydrogen (secondary N) is 1. The molecule has 88 valence electrons. The predicted octanol–water partition coefficient (Wildman–Crippen LogP) is 0.289. The summed E-state index contributed by atoms with van der Waals surface area (Å²) < 4.78 is 0. The van der Waals surface area contributed by atoms with Crippen molar-refractivity contribution in [3.05, 3.63) is 0 Å². The third-order valence-electron chi connectivity index (χ3n) is 4.09. The fraction of sp³-hybridized carbons (Fsp3) is 0.750. The number of piperidine rings is 1. The molecule has 0 radical (unpaired) electrons. The number of fused-ring (bicyclic) bond motifs is 2. The van der Waals surface area contributed by atoms with Gasteiger partial charge in [-0.15, -0.1) is 6.42 Å². The van der Waals surface area contributed by atoms with Crippen LogP contribution in [0.3, 0.4) is 0 Å². The summed E-state index contributed by atoms with van der Waals surface area (Å²) >= 11 is 0. The summed E-state index contributed by atoms with van der Waals surface area (Å²) in [4.78, 5) is 13.8. The molecular weight excluding hydrogens is 204 g/mol. The summed E-state index contributed by atoms with van der Waals surface area (Å²) in [7, 11) is 2.09. The van der Waals surface area contributed by atoms with Crippen LogP contribution in [0.5, 0.6) is 0 Å². The van der Waals surface area contributed by atoms with E-state index in [2.05, 4.69) is 23.2 Å². The van der Waals surface area contributed by atoms with Crippen molar-refractivity contribution in [3.8, 4) is 12.3 Å². The van der Waals surface area contributed by atoms with Crippen LogP contribution in [-0.4, -0.2) is 47.2 Å². The molecule has 2 heterocycles. The number of hydrogen-bond donors (Lipinski definition) is 2.